The molecule has 0 saturated heterocycles. The minimum atomic E-state index is -0.314. The molecule has 1 atom stereocenters. The second-order valence-electron chi connectivity index (χ2n) is 7.09. The zero-order valence-corrected chi connectivity index (χ0v) is 13.3. The summed E-state index contributed by atoms with van der Waals surface area (Å²) in [6.07, 6.45) is 13.0. The summed E-state index contributed by atoms with van der Waals surface area (Å²) in [7, 11) is 2.27. The predicted octanol–water partition coefficient (Wildman–Crippen LogP) is 3.46. The Morgan fingerprint density at radius 1 is 1.15 bits per heavy atom. The van der Waals surface area contributed by atoms with Crippen molar-refractivity contribution >= 4 is 0 Å². The monoisotopic (exact) mass is 277 g/mol. The fraction of sp³-hybridized carbons (Fsp3) is 0.941. The first kappa shape index (κ1) is 15.8. The van der Waals surface area contributed by atoms with E-state index in [1.165, 1.54) is 51.4 Å². The molecule has 2 saturated carbocycles. The van der Waals surface area contributed by atoms with Gasteiger partial charge < -0.3 is 4.90 Å². The van der Waals surface area contributed by atoms with E-state index in [1.807, 2.05) is 0 Å². The molecule has 0 spiro atoms. The third-order valence-electron chi connectivity index (χ3n) is 4.98. The Bertz CT molecular complexity index is 324. The van der Waals surface area contributed by atoms with Crippen molar-refractivity contribution in [3.63, 3.8) is 0 Å². The molecule has 0 radical (unpaired) electrons. The standard InChI is InChI=1S/C17H31N3/c1-17(14-18,19-15-10-11-15)12-7-13-20(2)16-8-5-3-4-6-9-16/h15-16,19H,3-13H2,1-2H3. The van der Waals surface area contributed by atoms with Crippen LogP contribution in [0.4, 0.5) is 0 Å². The van der Waals surface area contributed by atoms with Crippen molar-refractivity contribution in [3.05, 3.63) is 0 Å². The van der Waals surface area contributed by atoms with E-state index < -0.39 is 0 Å². The number of nitriles is 1. The SMILES string of the molecule is CN(CCCC(C)(C#N)NC1CC1)C1CCCCCC1. The summed E-state index contributed by atoms with van der Waals surface area (Å²) in [5.74, 6) is 0. The summed E-state index contributed by atoms with van der Waals surface area (Å²) in [6, 6.07) is 3.87. The van der Waals surface area contributed by atoms with Crippen LogP contribution in [0, 0.1) is 11.3 Å². The molecule has 0 amide bonds. The minimum Gasteiger partial charge on any atom is -0.303 e. The molecule has 114 valence electrons. The third-order valence-corrected chi connectivity index (χ3v) is 4.98. The predicted molar refractivity (Wildman–Crippen MR) is 83.5 cm³/mol. The van der Waals surface area contributed by atoms with Gasteiger partial charge in [-0.1, -0.05) is 25.7 Å². The summed E-state index contributed by atoms with van der Waals surface area (Å²) in [4.78, 5) is 2.54. The Morgan fingerprint density at radius 2 is 1.80 bits per heavy atom. The van der Waals surface area contributed by atoms with E-state index in [2.05, 4.69) is 30.3 Å². The van der Waals surface area contributed by atoms with Gasteiger partial charge in [0, 0.05) is 12.1 Å². The molecule has 3 heteroatoms. The van der Waals surface area contributed by atoms with Crippen molar-refractivity contribution in [1.82, 2.24) is 10.2 Å². The van der Waals surface area contributed by atoms with Crippen LogP contribution in [0.25, 0.3) is 0 Å². The number of nitrogens with zero attached hydrogens (tertiary/aromatic N) is 2. The van der Waals surface area contributed by atoms with Gasteiger partial charge in [0.25, 0.3) is 0 Å². The number of rotatable bonds is 7. The van der Waals surface area contributed by atoms with Gasteiger partial charge in [-0.05, 0) is 59.0 Å². The Morgan fingerprint density at radius 3 is 2.35 bits per heavy atom. The van der Waals surface area contributed by atoms with Crippen LogP contribution in [0.5, 0.6) is 0 Å². The van der Waals surface area contributed by atoms with Crippen LogP contribution in [0.2, 0.25) is 0 Å². The summed E-state index contributed by atoms with van der Waals surface area (Å²) < 4.78 is 0. The number of nitrogens with one attached hydrogen (secondary N) is 1. The average molecular weight is 277 g/mol. The summed E-state index contributed by atoms with van der Waals surface area (Å²) in [6.45, 7) is 3.20. The summed E-state index contributed by atoms with van der Waals surface area (Å²) in [5, 5.41) is 12.9. The lowest BCUT2D eigenvalue weighted by Crippen LogP contribution is -2.43. The van der Waals surface area contributed by atoms with Gasteiger partial charge >= 0.3 is 0 Å². The average Bonchev–Trinajstić information content (AvgIpc) is 3.24. The molecule has 3 nitrogen and oxygen atoms in total. The van der Waals surface area contributed by atoms with E-state index in [9.17, 15) is 5.26 Å². The van der Waals surface area contributed by atoms with Crippen molar-refractivity contribution in [1.29, 1.82) is 5.26 Å². The highest BCUT2D eigenvalue weighted by Crippen LogP contribution is 2.25. The van der Waals surface area contributed by atoms with E-state index in [1.54, 1.807) is 0 Å². The molecule has 0 bridgehead atoms. The molecule has 1 N–H and O–H groups in total. The van der Waals surface area contributed by atoms with Gasteiger partial charge in [0.05, 0.1) is 6.07 Å². The topological polar surface area (TPSA) is 39.1 Å². The van der Waals surface area contributed by atoms with Crippen molar-refractivity contribution < 1.29 is 0 Å². The molecule has 2 aliphatic rings. The largest absolute Gasteiger partial charge is 0.303 e. The summed E-state index contributed by atoms with van der Waals surface area (Å²) in [5.41, 5.74) is -0.314. The minimum absolute atomic E-state index is 0.314. The molecule has 0 aromatic heterocycles. The Labute approximate surface area is 124 Å². The Balaban J connectivity index is 1.69. The van der Waals surface area contributed by atoms with Crippen LogP contribution < -0.4 is 5.32 Å². The molecular weight excluding hydrogens is 246 g/mol. The molecule has 2 rings (SSSR count). The smallest absolute Gasteiger partial charge is 0.104 e. The van der Waals surface area contributed by atoms with Crippen LogP contribution in [-0.4, -0.2) is 36.1 Å². The second kappa shape index (κ2) is 7.43. The molecule has 0 aliphatic heterocycles. The van der Waals surface area contributed by atoms with Crippen LogP contribution in [0.3, 0.4) is 0 Å². The fourth-order valence-electron chi connectivity index (χ4n) is 3.40. The molecule has 0 heterocycles. The first-order valence-electron chi connectivity index (χ1n) is 8.52. The summed E-state index contributed by atoms with van der Waals surface area (Å²) >= 11 is 0. The maximum Gasteiger partial charge on any atom is 0.104 e. The van der Waals surface area contributed by atoms with E-state index in [0.717, 1.165) is 25.4 Å². The van der Waals surface area contributed by atoms with Gasteiger partial charge in [-0.15, -0.1) is 0 Å². The molecule has 2 aliphatic carbocycles. The highest BCUT2D eigenvalue weighted by molar-refractivity contribution is 5.07. The van der Waals surface area contributed by atoms with E-state index in [4.69, 9.17) is 0 Å². The zero-order chi connectivity index (χ0) is 14.4. The van der Waals surface area contributed by atoms with E-state index in [-0.39, 0.29) is 5.54 Å². The lowest BCUT2D eigenvalue weighted by atomic mass is 9.97. The van der Waals surface area contributed by atoms with Crippen molar-refractivity contribution in [2.75, 3.05) is 13.6 Å². The van der Waals surface area contributed by atoms with Crippen LogP contribution in [0.15, 0.2) is 0 Å². The third kappa shape index (κ3) is 5.07. The van der Waals surface area contributed by atoms with E-state index >= 15 is 0 Å². The van der Waals surface area contributed by atoms with Crippen LogP contribution >= 0.6 is 0 Å². The van der Waals surface area contributed by atoms with Gasteiger partial charge in [-0.3, -0.25) is 5.32 Å². The molecule has 20 heavy (non-hydrogen) atoms. The highest BCUT2D eigenvalue weighted by Gasteiger charge is 2.32. The maximum absolute atomic E-state index is 9.39. The molecule has 0 aromatic carbocycles. The van der Waals surface area contributed by atoms with Gasteiger partial charge in [0.2, 0.25) is 0 Å². The van der Waals surface area contributed by atoms with E-state index in [0.29, 0.717) is 6.04 Å². The van der Waals surface area contributed by atoms with Crippen molar-refractivity contribution in [2.24, 2.45) is 0 Å². The Kier molecular flexibility index (Phi) is 5.86. The quantitative estimate of drug-likeness (QED) is 0.724. The first-order valence-corrected chi connectivity index (χ1v) is 8.52. The fourth-order valence-corrected chi connectivity index (χ4v) is 3.40. The number of hydrogen-bond donors (Lipinski definition) is 1. The van der Waals surface area contributed by atoms with Gasteiger partial charge in [0.15, 0.2) is 0 Å². The second-order valence-corrected chi connectivity index (χ2v) is 7.09. The van der Waals surface area contributed by atoms with Gasteiger partial charge in [0.1, 0.15) is 5.54 Å². The lowest BCUT2D eigenvalue weighted by Gasteiger charge is -2.29. The highest BCUT2D eigenvalue weighted by atomic mass is 15.1. The van der Waals surface area contributed by atoms with Crippen LogP contribution in [0.1, 0.15) is 71.1 Å². The molecule has 0 aromatic rings. The maximum atomic E-state index is 9.39. The van der Waals surface area contributed by atoms with Crippen LogP contribution in [-0.2, 0) is 0 Å². The van der Waals surface area contributed by atoms with Gasteiger partial charge in [-0.2, -0.15) is 5.26 Å². The molecule has 1 unspecified atom stereocenters. The van der Waals surface area contributed by atoms with Crippen molar-refractivity contribution in [2.45, 2.75) is 88.8 Å². The van der Waals surface area contributed by atoms with Crippen molar-refractivity contribution in [3.8, 4) is 6.07 Å². The first-order chi connectivity index (χ1) is 9.63. The lowest BCUT2D eigenvalue weighted by molar-refractivity contribution is 0.211. The Hall–Kier alpha value is -0.590. The molecule has 2 fully saturated rings. The zero-order valence-electron chi connectivity index (χ0n) is 13.3. The number of hydrogen-bond acceptors (Lipinski definition) is 3. The molecular formula is C17H31N3. The van der Waals surface area contributed by atoms with Gasteiger partial charge in [-0.25, -0.2) is 0 Å². The normalized spacial score (nSPS) is 24.1.